The van der Waals surface area contributed by atoms with Crippen LogP contribution in [0.5, 0.6) is 0 Å². The van der Waals surface area contributed by atoms with E-state index in [-0.39, 0.29) is 0 Å². The smallest absolute Gasteiger partial charge is 0.407 e. The molecule has 0 fully saturated rings. The minimum absolute atomic E-state index is 0.383. The standard InChI is InChI=1S/C13H17NO3.C2H6/c1-13(2,3)17-12(16)14-8-10-4-6-11(9-15)7-5-10;1-2/h4-7,9H,8H2,1-3H3,(H,14,16);1-2H3. The molecular weight excluding hydrogens is 242 g/mol. The van der Waals surface area contributed by atoms with Crippen molar-refractivity contribution in [2.75, 3.05) is 0 Å². The molecule has 4 heteroatoms. The Bertz CT molecular complexity index is 391. The molecule has 1 amide bonds. The van der Waals surface area contributed by atoms with Crippen LogP contribution < -0.4 is 5.32 Å². The average molecular weight is 265 g/mol. The van der Waals surface area contributed by atoms with Gasteiger partial charge in [-0.2, -0.15) is 0 Å². The summed E-state index contributed by atoms with van der Waals surface area (Å²) in [6.07, 6.45) is 0.336. The summed E-state index contributed by atoms with van der Waals surface area (Å²) in [6, 6.07) is 7.00. The minimum Gasteiger partial charge on any atom is -0.444 e. The summed E-state index contributed by atoms with van der Waals surface area (Å²) in [4.78, 5) is 21.8. The van der Waals surface area contributed by atoms with Gasteiger partial charge in [0.2, 0.25) is 0 Å². The maximum atomic E-state index is 11.4. The van der Waals surface area contributed by atoms with E-state index in [1.165, 1.54) is 0 Å². The van der Waals surface area contributed by atoms with Gasteiger partial charge in [0.1, 0.15) is 11.9 Å². The molecule has 0 aliphatic rings. The number of hydrogen-bond acceptors (Lipinski definition) is 3. The zero-order valence-electron chi connectivity index (χ0n) is 12.3. The zero-order valence-corrected chi connectivity index (χ0v) is 12.3. The maximum absolute atomic E-state index is 11.4. The highest BCUT2D eigenvalue weighted by Crippen LogP contribution is 2.07. The third kappa shape index (κ3) is 7.97. The molecule has 0 saturated carbocycles. The Kier molecular flexibility index (Phi) is 7.49. The van der Waals surface area contributed by atoms with E-state index in [2.05, 4.69) is 5.32 Å². The lowest BCUT2D eigenvalue weighted by Gasteiger charge is -2.19. The molecule has 4 nitrogen and oxygen atoms in total. The fraction of sp³-hybridized carbons (Fsp3) is 0.467. The number of carbonyl (C=O) groups is 2. The van der Waals surface area contributed by atoms with Crippen LogP contribution in [0.3, 0.4) is 0 Å². The quantitative estimate of drug-likeness (QED) is 0.850. The van der Waals surface area contributed by atoms with Crippen molar-refractivity contribution in [2.45, 2.75) is 46.8 Å². The first-order valence-electron chi connectivity index (χ1n) is 6.42. The third-order valence-electron chi connectivity index (χ3n) is 1.95. The van der Waals surface area contributed by atoms with Crippen LogP contribution in [0.4, 0.5) is 4.79 Å². The fourth-order valence-electron chi connectivity index (χ4n) is 1.20. The van der Waals surface area contributed by atoms with Crippen molar-refractivity contribution in [3.8, 4) is 0 Å². The maximum Gasteiger partial charge on any atom is 0.407 e. The van der Waals surface area contributed by atoms with Crippen LogP contribution in [0.15, 0.2) is 24.3 Å². The highest BCUT2D eigenvalue weighted by molar-refractivity contribution is 5.74. The monoisotopic (exact) mass is 265 g/mol. The Hall–Kier alpha value is -1.84. The summed E-state index contributed by atoms with van der Waals surface area (Å²) in [5.41, 5.74) is 1.04. The highest BCUT2D eigenvalue weighted by Gasteiger charge is 2.15. The van der Waals surface area contributed by atoms with Crippen LogP contribution in [0.1, 0.15) is 50.5 Å². The van der Waals surface area contributed by atoms with E-state index in [1.807, 2.05) is 34.6 Å². The number of benzene rings is 1. The number of alkyl carbamates (subject to hydrolysis) is 1. The van der Waals surface area contributed by atoms with Crippen LogP contribution in [0.25, 0.3) is 0 Å². The van der Waals surface area contributed by atoms with Gasteiger partial charge in [-0.15, -0.1) is 0 Å². The van der Waals surface area contributed by atoms with Crippen molar-refractivity contribution in [3.63, 3.8) is 0 Å². The Balaban J connectivity index is 0.00000154. The summed E-state index contributed by atoms with van der Waals surface area (Å²) in [6.45, 7) is 9.82. The number of carbonyl (C=O) groups excluding carboxylic acids is 2. The Morgan fingerprint density at radius 2 is 1.74 bits per heavy atom. The van der Waals surface area contributed by atoms with Gasteiger partial charge in [0, 0.05) is 12.1 Å². The molecule has 0 atom stereocenters. The first-order valence-corrected chi connectivity index (χ1v) is 6.42. The van der Waals surface area contributed by atoms with E-state index >= 15 is 0 Å². The lowest BCUT2D eigenvalue weighted by molar-refractivity contribution is 0.0523. The van der Waals surface area contributed by atoms with Crippen molar-refractivity contribution in [3.05, 3.63) is 35.4 Å². The summed E-state index contributed by atoms with van der Waals surface area (Å²) < 4.78 is 5.10. The number of aldehydes is 1. The fourth-order valence-corrected chi connectivity index (χ4v) is 1.20. The molecule has 1 N–H and O–H groups in total. The Morgan fingerprint density at radius 1 is 1.21 bits per heavy atom. The first-order chi connectivity index (χ1) is 8.90. The molecule has 1 rings (SSSR count). The van der Waals surface area contributed by atoms with Gasteiger partial charge in [0.25, 0.3) is 0 Å². The van der Waals surface area contributed by atoms with Crippen molar-refractivity contribution >= 4 is 12.4 Å². The zero-order chi connectivity index (χ0) is 14.9. The number of hydrogen-bond donors (Lipinski definition) is 1. The topological polar surface area (TPSA) is 55.4 Å². The Morgan fingerprint density at radius 3 is 2.16 bits per heavy atom. The molecule has 19 heavy (non-hydrogen) atoms. The molecule has 0 radical (unpaired) electrons. The van der Waals surface area contributed by atoms with E-state index < -0.39 is 11.7 Å². The molecule has 1 aromatic rings. The third-order valence-corrected chi connectivity index (χ3v) is 1.95. The SMILES string of the molecule is CC.CC(C)(C)OC(=O)NCc1ccc(C=O)cc1. The van der Waals surface area contributed by atoms with Crippen LogP contribution >= 0.6 is 0 Å². The van der Waals surface area contributed by atoms with E-state index in [9.17, 15) is 9.59 Å². The van der Waals surface area contributed by atoms with Crippen LogP contribution in [-0.2, 0) is 11.3 Å². The van der Waals surface area contributed by atoms with Gasteiger partial charge in [0.05, 0.1) is 0 Å². The van der Waals surface area contributed by atoms with Gasteiger partial charge >= 0.3 is 6.09 Å². The molecule has 0 saturated heterocycles. The van der Waals surface area contributed by atoms with E-state index in [0.717, 1.165) is 11.8 Å². The second-order valence-electron chi connectivity index (χ2n) is 4.71. The lowest BCUT2D eigenvalue weighted by Crippen LogP contribution is -2.32. The number of rotatable bonds is 3. The van der Waals surface area contributed by atoms with Gasteiger partial charge in [-0.25, -0.2) is 4.79 Å². The first kappa shape index (κ1) is 17.2. The summed E-state index contributed by atoms with van der Waals surface area (Å²) in [5.74, 6) is 0. The van der Waals surface area contributed by atoms with Gasteiger partial charge in [0.15, 0.2) is 0 Å². The largest absolute Gasteiger partial charge is 0.444 e. The highest BCUT2D eigenvalue weighted by atomic mass is 16.6. The predicted octanol–water partition coefficient (Wildman–Crippen LogP) is 3.55. The van der Waals surface area contributed by atoms with Crippen LogP contribution in [0, 0.1) is 0 Å². The van der Waals surface area contributed by atoms with Crippen molar-refractivity contribution < 1.29 is 14.3 Å². The second-order valence-corrected chi connectivity index (χ2v) is 4.71. The summed E-state index contributed by atoms with van der Waals surface area (Å²) in [5, 5.41) is 2.64. The molecule has 0 bridgehead atoms. The predicted molar refractivity (Wildman–Crippen MR) is 76.3 cm³/mol. The number of nitrogens with one attached hydrogen (secondary N) is 1. The van der Waals surface area contributed by atoms with Gasteiger partial charge in [-0.3, -0.25) is 4.79 Å². The lowest BCUT2D eigenvalue weighted by atomic mass is 10.1. The summed E-state index contributed by atoms with van der Waals surface area (Å²) in [7, 11) is 0. The van der Waals surface area contributed by atoms with Crippen LogP contribution in [-0.4, -0.2) is 18.0 Å². The van der Waals surface area contributed by atoms with E-state index in [0.29, 0.717) is 12.1 Å². The molecule has 0 aromatic heterocycles. The van der Waals surface area contributed by atoms with Gasteiger partial charge in [-0.1, -0.05) is 38.1 Å². The second kappa shape index (κ2) is 8.29. The van der Waals surface area contributed by atoms with E-state index in [4.69, 9.17) is 4.74 Å². The normalized spacial score (nSPS) is 9.95. The van der Waals surface area contributed by atoms with Gasteiger partial charge in [-0.05, 0) is 26.3 Å². The van der Waals surface area contributed by atoms with Crippen LogP contribution in [0.2, 0.25) is 0 Å². The molecule has 0 unspecified atom stereocenters. The molecule has 1 aromatic carbocycles. The van der Waals surface area contributed by atoms with E-state index in [1.54, 1.807) is 24.3 Å². The molecule has 0 heterocycles. The molecule has 0 spiro atoms. The molecular formula is C15H23NO3. The number of ether oxygens (including phenoxy) is 1. The Labute approximate surface area is 115 Å². The molecule has 0 aliphatic carbocycles. The average Bonchev–Trinajstić information content (AvgIpc) is 2.37. The minimum atomic E-state index is -0.495. The van der Waals surface area contributed by atoms with Crippen molar-refractivity contribution in [1.29, 1.82) is 0 Å². The summed E-state index contributed by atoms with van der Waals surface area (Å²) >= 11 is 0. The van der Waals surface area contributed by atoms with Gasteiger partial charge < -0.3 is 10.1 Å². The van der Waals surface area contributed by atoms with Crippen molar-refractivity contribution in [2.24, 2.45) is 0 Å². The number of amides is 1. The van der Waals surface area contributed by atoms with Crippen molar-refractivity contribution in [1.82, 2.24) is 5.32 Å². The molecule has 106 valence electrons. The molecule has 0 aliphatic heterocycles.